The van der Waals surface area contributed by atoms with Crippen LogP contribution in [0, 0.1) is 0 Å². The molecule has 6 heteroatoms. The zero-order valence-corrected chi connectivity index (χ0v) is 14.2. The highest BCUT2D eigenvalue weighted by Gasteiger charge is 2.35. The molecular weight excluding hydrogens is 297 g/mol. The summed E-state index contributed by atoms with van der Waals surface area (Å²) in [5, 5.41) is 0. The minimum atomic E-state index is -4.45. The average molecular weight is 322 g/mol. The summed E-state index contributed by atoms with van der Waals surface area (Å²) in [7, 11) is -2.03. The summed E-state index contributed by atoms with van der Waals surface area (Å²) in [5.41, 5.74) is -0.825. The highest BCUT2D eigenvalue weighted by atomic mass is 28.4. The van der Waals surface area contributed by atoms with E-state index < -0.39 is 26.2 Å². The van der Waals surface area contributed by atoms with Crippen LogP contribution in [0.4, 0.5) is 13.2 Å². The molecule has 0 N–H and O–H groups in total. The molecule has 0 radical (unpaired) electrons. The minimum Gasteiger partial charge on any atom is -0.407 e. The van der Waals surface area contributed by atoms with Crippen molar-refractivity contribution in [3.8, 4) is 0 Å². The molecule has 0 heterocycles. The Kier molecular flexibility index (Phi) is 8.17. The van der Waals surface area contributed by atoms with E-state index in [0.717, 1.165) is 30.3 Å². The summed E-state index contributed by atoms with van der Waals surface area (Å²) in [4.78, 5) is 11.7. The first-order valence-electron chi connectivity index (χ1n) is 7.23. The monoisotopic (exact) mass is 322 g/mol. The lowest BCUT2D eigenvalue weighted by Crippen LogP contribution is -2.42. The molecule has 0 aliphatic heterocycles. The lowest BCUT2D eigenvalue weighted by atomic mass is 10.1. The molecule has 0 saturated heterocycles. The van der Waals surface area contributed by atoms with Crippen LogP contribution in [-0.4, -0.2) is 26.4 Å². The number of carbonyl (C=O) groups excluding carboxylic acids is 1. The van der Waals surface area contributed by atoms with Gasteiger partial charge in [0.2, 0.25) is 0 Å². The number of alkyl halides is 3. The van der Waals surface area contributed by atoms with E-state index in [1.807, 2.05) is 20.8 Å². The number of carbonyl (C=O) groups is 1. The van der Waals surface area contributed by atoms with Gasteiger partial charge in [-0.15, -0.1) is 0 Å². The summed E-state index contributed by atoms with van der Waals surface area (Å²) in [5.74, 6) is -0.232. The molecule has 0 bridgehead atoms. The molecule has 0 aromatic heterocycles. The van der Waals surface area contributed by atoms with E-state index in [1.165, 1.54) is 6.92 Å². The molecule has 0 fully saturated rings. The third kappa shape index (κ3) is 6.18. The van der Waals surface area contributed by atoms with Crippen molar-refractivity contribution in [3.05, 3.63) is 24.3 Å². The molecule has 2 nitrogen and oxygen atoms in total. The van der Waals surface area contributed by atoms with Gasteiger partial charge in [0.15, 0.2) is 14.1 Å². The summed E-state index contributed by atoms with van der Waals surface area (Å²) < 4.78 is 44.0. The fraction of sp³-hybridized carbons (Fsp3) is 0.667. The van der Waals surface area contributed by atoms with E-state index >= 15 is 0 Å². The van der Waals surface area contributed by atoms with Gasteiger partial charge in [0.25, 0.3) is 0 Å². The zero-order valence-electron chi connectivity index (χ0n) is 13.2. The Hall–Kier alpha value is -0.883. The quantitative estimate of drug-likeness (QED) is 0.439. The Morgan fingerprint density at radius 3 is 2.00 bits per heavy atom. The Bertz CT molecular complexity index is 377. The van der Waals surface area contributed by atoms with E-state index in [1.54, 1.807) is 0 Å². The number of rotatable bonds is 9. The molecule has 0 aliphatic rings. The Morgan fingerprint density at radius 2 is 1.71 bits per heavy atom. The highest BCUT2D eigenvalue weighted by Crippen LogP contribution is 2.28. The van der Waals surface area contributed by atoms with Crippen molar-refractivity contribution in [2.75, 3.05) is 0 Å². The van der Waals surface area contributed by atoms with Crippen LogP contribution in [0.5, 0.6) is 0 Å². The largest absolute Gasteiger partial charge is 0.416 e. The molecule has 1 atom stereocenters. The van der Waals surface area contributed by atoms with Gasteiger partial charge in [-0.05, 0) is 31.5 Å². The van der Waals surface area contributed by atoms with Crippen LogP contribution in [-0.2, 0) is 9.22 Å². The lowest BCUT2D eigenvalue weighted by Gasteiger charge is -2.32. The second kappa shape index (κ2) is 8.53. The van der Waals surface area contributed by atoms with E-state index in [9.17, 15) is 18.0 Å². The minimum absolute atomic E-state index is 0.0645. The van der Waals surface area contributed by atoms with E-state index in [-0.39, 0.29) is 12.2 Å². The second-order valence-corrected chi connectivity index (χ2v) is 9.78. The van der Waals surface area contributed by atoms with E-state index in [0.29, 0.717) is 0 Å². The molecule has 0 aliphatic carbocycles. The summed E-state index contributed by atoms with van der Waals surface area (Å²) in [6.07, 6.45) is -3.54. The Labute approximate surface area is 126 Å². The maximum absolute atomic E-state index is 12.7. The molecule has 0 aromatic carbocycles. The predicted molar refractivity (Wildman–Crippen MR) is 81.7 cm³/mol. The molecule has 0 amide bonds. The Morgan fingerprint density at radius 1 is 1.24 bits per heavy atom. The van der Waals surface area contributed by atoms with E-state index in [2.05, 4.69) is 6.58 Å². The van der Waals surface area contributed by atoms with Gasteiger partial charge >= 0.3 is 6.18 Å². The first-order valence-corrected chi connectivity index (χ1v) is 9.76. The van der Waals surface area contributed by atoms with Crippen LogP contribution in [0.3, 0.4) is 0 Å². The van der Waals surface area contributed by atoms with Gasteiger partial charge in [0.1, 0.15) is 6.10 Å². The van der Waals surface area contributed by atoms with Crippen molar-refractivity contribution >= 4 is 14.1 Å². The van der Waals surface area contributed by atoms with Gasteiger partial charge in [-0.1, -0.05) is 39.5 Å². The number of hydrogen-bond donors (Lipinski definition) is 0. The second-order valence-electron chi connectivity index (χ2n) is 5.06. The fourth-order valence-electron chi connectivity index (χ4n) is 2.15. The first kappa shape index (κ1) is 20.1. The van der Waals surface area contributed by atoms with Crippen LogP contribution < -0.4 is 0 Å². The lowest BCUT2D eigenvalue weighted by molar-refractivity contribution is -0.124. The van der Waals surface area contributed by atoms with Gasteiger partial charge < -0.3 is 4.43 Å². The number of hydrogen-bond acceptors (Lipinski definition) is 2. The summed E-state index contributed by atoms with van der Waals surface area (Å²) in [6.45, 7) is 10.6. The van der Waals surface area contributed by atoms with Crippen LogP contribution in [0.1, 0.15) is 34.1 Å². The summed E-state index contributed by atoms with van der Waals surface area (Å²) >= 11 is 0. The van der Waals surface area contributed by atoms with Crippen molar-refractivity contribution in [2.24, 2.45) is 0 Å². The molecule has 0 unspecified atom stereocenters. The number of halogens is 3. The van der Waals surface area contributed by atoms with Gasteiger partial charge in [0.05, 0.1) is 5.57 Å². The molecule has 21 heavy (non-hydrogen) atoms. The molecule has 0 spiro atoms. The van der Waals surface area contributed by atoms with Crippen molar-refractivity contribution in [1.82, 2.24) is 0 Å². The standard InChI is InChI=1S/C15H25F3O2Si/c1-6-13(15(16,17)18)10-11-14(12(5)19)20-21(7-2,8-3)9-4/h6,10,14H,1,7-9,11H2,2-5H3/b13-10-/t14-/m0/s1. The molecule has 0 aromatic rings. The molecule has 122 valence electrons. The number of Topliss-reactive ketones (excluding diaryl/α,β-unsaturated/α-hetero) is 1. The third-order valence-electron chi connectivity index (χ3n) is 3.88. The van der Waals surface area contributed by atoms with Crippen LogP contribution in [0.15, 0.2) is 24.3 Å². The van der Waals surface area contributed by atoms with Gasteiger partial charge in [0, 0.05) is 0 Å². The normalized spacial score (nSPS) is 14.9. The van der Waals surface area contributed by atoms with Crippen LogP contribution in [0.25, 0.3) is 0 Å². The molecular formula is C15H25F3O2Si. The fourth-order valence-corrected chi connectivity index (χ4v) is 5.01. The van der Waals surface area contributed by atoms with Crippen molar-refractivity contribution in [2.45, 2.75) is 64.5 Å². The molecule has 0 rings (SSSR count). The first-order chi connectivity index (χ1) is 9.65. The number of ketones is 1. The van der Waals surface area contributed by atoms with Crippen molar-refractivity contribution in [3.63, 3.8) is 0 Å². The highest BCUT2D eigenvalue weighted by molar-refractivity contribution is 6.73. The maximum Gasteiger partial charge on any atom is 0.416 e. The van der Waals surface area contributed by atoms with Gasteiger partial charge in [-0.3, -0.25) is 4.79 Å². The van der Waals surface area contributed by atoms with Gasteiger partial charge in [-0.25, -0.2) is 0 Å². The summed E-state index contributed by atoms with van der Waals surface area (Å²) in [6, 6.07) is 2.54. The smallest absolute Gasteiger partial charge is 0.407 e. The SMILES string of the molecule is C=C/C(=C/C[C@H](O[Si](CC)(CC)CC)C(C)=O)C(F)(F)F. The topological polar surface area (TPSA) is 26.3 Å². The van der Waals surface area contributed by atoms with Crippen molar-refractivity contribution in [1.29, 1.82) is 0 Å². The average Bonchev–Trinajstić information content (AvgIpc) is 2.41. The predicted octanol–water partition coefficient (Wildman–Crippen LogP) is 5.03. The van der Waals surface area contributed by atoms with E-state index in [4.69, 9.17) is 4.43 Å². The maximum atomic E-state index is 12.7. The van der Waals surface area contributed by atoms with Crippen LogP contribution in [0.2, 0.25) is 18.1 Å². The van der Waals surface area contributed by atoms with Crippen molar-refractivity contribution < 1.29 is 22.4 Å². The number of allylic oxidation sites excluding steroid dienone is 2. The zero-order chi connectivity index (χ0) is 16.7. The third-order valence-corrected chi connectivity index (χ3v) is 8.53. The molecule has 0 saturated carbocycles. The van der Waals surface area contributed by atoms with Gasteiger partial charge in [-0.2, -0.15) is 13.2 Å². The Balaban J connectivity index is 5.14. The van der Waals surface area contributed by atoms with Crippen LogP contribution >= 0.6 is 0 Å².